The van der Waals surface area contributed by atoms with E-state index in [1.165, 1.54) is 12.5 Å². The maximum Gasteiger partial charge on any atom is 0.287 e. The molecule has 1 fully saturated rings. The number of benzene rings is 2. The number of piperidine rings is 1. The van der Waals surface area contributed by atoms with Crippen molar-refractivity contribution in [2.75, 3.05) is 23.3 Å². The molecule has 0 aliphatic carbocycles. The van der Waals surface area contributed by atoms with Gasteiger partial charge in [-0.1, -0.05) is 35.3 Å². The fourth-order valence-corrected chi connectivity index (χ4v) is 5.32. The third kappa shape index (κ3) is 3.90. The van der Waals surface area contributed by atoms with E-state index in [4.69, 9.17) is 23.2 Å². The number of hydrogen-bond donors (Lipinski definition) is 1. The van der Waals surface area contributed by atoms with E-state index in [1.807, 2.05) is 6.07 Å². The molecule has 1 amide bonds. The predicted molar refractivity (Wildman–Crippen MR) is 119 cm³/mol. The number of halogens is 2. The summed E-state index contributed by atoms with van der Waals surface area (Å²) in [6.07, 6.45) is 3.52. The second-order valence-electron chi connectivity index (χ2n) is 6.82. The van der Waals surface area contributed by atoms with Gasteiger partial charge >= 0.3 is 0 Å². The highest BCUT2D eigenvalue weighted by atomic mass is 35.5. The van der Waals surface area contributed by atoms with E-state index in [0.717, 1.165) is 43.0 Å². The van der Waals surface area contributed by atoms with E-state index in [0.29, 0.717) is 20.8 Å². The highest BCUT2D eigenvalue weighted by molar-refractivity contribution is 7.22. The minimum absolute atomic E-state index is 0.0672. The van der Waals surface area contributed by atoms with Gasteiger partial charge in [-0.25, -0.2) is 0 Å². The summed E-state index contributed by atoms with van der Waals surface area (Å²) in [6.45, 7) is 1.95. The summed E-state index contributed by atoms with van der Waals surface area (Å²) >= 11 is 13.8. The Hall–Kier alpha value is -2.35. The molecular formula is C20H17Cl2N3O3S. The van der Waals surface area contributed by atoms with Crippen LogP contribution >= 0.6 is 34.5 Å². The van der Waals surface area contributed by atoms with Gasteiger partial charge in [0, 0.05) is 30.2 Å². The minimum atomic E-state index is -0.476. The number of carbonyl (C=O) groups is 1. The quantitative estimate of drug-likeness (QED) is 0.371. The molecule has 3 aromatic rings. The molecule has 0 spiro atoms. The van der Waals surface area contributed by atoms with Crippen LogP contribution in [0.25, 0.3) is 10.1 Å². The molecule has 9 heteroatoms. The van der Waals surface area contributed by atoms with Crippen molar-refractivity contribution in [2.24, 2.45) is 0 Å². The zero-order valence-corrected chi connectivity index (χ0v) is 17.6. The molecule has 2 aromatic carbocycles. The largest absolute Gasteiger partial charge is 0.370 e. The summed E-state index contributed by atoms with van der Waals surface area (Å²) in [7, 11) is 0. The summed E-state index contributed by atoms with van der Waals surface area (Å²) in [5.41, 5.74) is 1.44. The van der Waals surface area contributed by atoms with Crippen molar-refractivity contribution in [2.45, 2.75) is 19.3 Å². The van der Waals surface area contributed by atoms with Crippen LogP contribution in [0.1, 0.15) is 28.9 Å². The Morgan fingerprint density at radius 1 is 1.14 bits per heavy atom. The molecule has 1 N–H and O–H groups in total. The Bertz CT molecular complexity index is 1110. The highest BCUT2D eigenvalue weighted by Crippen LogP contribution is 2.40. The lowest BCUT2D eigenvalue weighted by atomic mass is 10.1. The summed E-state index contributed by atoms with van der Waals surface area (Å²) < 4.78 is 0.381. The van der Waals surface area contributed by atoms with Gasteiger partial charge in [0.1, 0.15) is 9.58 Å². The summed E-state index contributed by atoms with van der Waals surface area (Å²) in [4.78, 5) is 26.0. The van der Waals surface area contributed by atoms with Crippen LogP contribution in [-0.4, -0.2) is 23.9 Å². The van der Waals surface area contributed by atoms with Gasteiger partial charge in [-0.2, -0.15) is 0 Å². The van der Waals surface area contributed by atoms with Crippen molar-refractivity contribution in [1.82, 2.24) is 0 Å². The van der Waals surface area contributed by atoms with Crippen LogP contribution in [-0.2, 0) is 0 Å². The molecule has 0 bridgehead atoms. The van der Waals surface area contributed by atoms with Crippen molar-refractivity contribution in [3.8, 4) is 0 Å². The average molecular weight is 450 g/mol. The van der Waals surface area contributed by atoms with Crippen molar-refractivity contribution in [1.29, 1.82) is 0 Å². The smallest absolute Gasteiger partial charge is 0.287 e. The van der Waals surface area contributed by atoms with Gasteiger partial charge in [0.15, 0.2) is 0 Å². The molecule has 0 radical (unpaired) electrons. The first kappa shape index (κ1) is 19.9. The van der Waals surface area contributed by atoms with Crippen LogP contribution in [0.5, 0.6) is 0 Å². The standard InChI is InChI=1S/C20H17Cl2N3O3S/c21-14-11-12(7-8-15(14)24-9-2-1-3-10-24)23-20(26)19-17(22)13-5-4-6-16(25(27)28)18(13)29-19/h4-8,11H,1-3,9-10H2,(H,23,26). The molecule has 0 atom stereocenters. The van der Waals surface area contributed by atoms with Crippen molar-refractivity contribution < 1.29 is 9.72 Å². The molecule has 29 heavy (non-hydrogen) atoms. The Kier molecular flexibility index (Phi) is 5.63. The van der Waals surface area contributed by atoms with Crippen LogP contribution in [0.2, 0.25) is 10.0 Å². The number of nitro groups is 1. The van der Waals surface area contributed by atoms with Crippen LogP contribution in [0.4, 0.5) is 17.1 Å². The number of hydrogen-bond acceptors (Lipinski definition) is 5. The van der Waals surface area contributed by atoms with Gasteiger partial charge in [0.05, 0.1) is 20.7 Å². The Morgan fingerprint density at radius 2 is 1.90 bits per heavy atom. The van der Waals surface area contributed by atoms with Crippen LogP contribution in [0.3, 0.4) is 0 Å². The van der Waals surface area contributed by atoms with E-state index in [-0.39, 0.29) is 15.6 Å². The van der Waals surface area contributed by atoms with Gasteiger partial charge in [-0.3, -0.25) is 14.9 Å². The molecule has 0 unspecified atom stereocenters. The number of fused-ring (bicyclic) bond motifs is 1. The molecule has 6 nitrogen and oxygen atoms in total. The Morgan fingerprint density at radius 3 is 2.59 bits per heavy atom. The molecule has 2 heterocycles. The molecule has 1 saturated heterocycles. The molecule has 0 saturated carbocycles. The van der Waals surface area contributed by atoms with Crippen molar-refractivity contribution in [3.05, 3.63) is 61.4 Å². The normalized spacial score (nSPS) is 14.2. The monoisotopic (exact) mass is 449 g/mol. The fourth-order valence-electron chi connectivity index (χ4n) is 3.53. The van der Waals surface area contributed by atoms with Crippen LogP contribution < -0.4 is 10.2 Å². The number of rotatable bonds is 4. The fraction of sp³-hybridized carbons (Fsp3) is 0.250. The first-order valence-corrected chi connectivity index (χ1v) is 10.7. The lowest BCUT2D eigenvalue weighted by molar-refractivity contribution is -0.382. The number of carbonyl (C=O) groups excluding carboxylic acids is 1. The second-order valence-corrected chi connectivity index (χ2v) is 8.63. The summed E-state index contributed by atoms with van der Waals surface area (Å²) in [5, 5.41) is 15.3. The van der Waals surface area contributed by atoms with E-state index in [9.17, 15) is 14.9 Å². The molecule has 4 rings (SSSR count). The number of anilines is 2. The first-order chi connectivity index (χ1) is 14.0. The Balaban J connectivity index is 1.59. The number of thiophene rings is 1. The number of nitrogens with one attached hydrogen (secondary N) is 1. The number of non-ortho nitro benzene ring substituents is 1. The predicted octanol–water partition coefficient (Wildman–Crippen LogP) is 6.36. The van der Waals surface area contributed by atoms with E-state index < -0.39 is 10.8 Å². The van der Waals surface area contributed by atoms with Crippen LogP contribution in [0.15, 0.2) is 36.4 Å². The van der Waals surface area contributed by atoms with Gasteiger partial charge in [0.25, 0.3) is 11.6 Å². The lowest BCUT2D eigenvalue weighted by Gasteiger charge is -2.29. The molecular weight excluding hydrogens is 433 g/mol. The van der Waals surface area contributed by atoms with E-state index in [2.05, 4.69) is 10.2 Å². The number of nitrogens with zero attached hydrogens (tertiary/aromatic N) is 2. The summed E-state index contributed by atoms with van der Waals surface area (Å²) in [5.74, 6) is -0.424. The highest BCUT2D eigenvalue weighted by Gasteiger charge is 2.23. The van der Waals surface area contributed by atoms with Crippen molar-refractivity contribution in [3.63, 3.8) is 0 Å². The maximum absolute atomic E-state index is 12.8. The third-order valence-corrected chi connectivity index (χ3v) is 6.97. The van der Waals surface area contributed by atoms with E-state index in [1.54, 1.807) is 24.3 Å². The zero-order chi connectivity index (χ0) is 20.5. The third-order valence-electron chi connectivity index (χ3n) is 4.94. The topological polar surface area (TPSA) is 75.5 Å². The maximum atomic E-state index is 12.8. The SMILES string of the molecule is O=C(Nc1ccc(N2CCCCC2)c(Cl)c1)c1sc2c([N+](=O)[O-])cccc2c1Cl. The number of nitro benzene ring substituents is 1. The zero-order valence-electron chi connectivity index (χ0n) is 15.3. The van der Waals surface area contributed by atoms with Crippen molar-refractivity contribution >= 4 is 67.6 Å². The minimum Gasteiger partial charge on any atom is -0.370 e. The second kappa shape index (κ2) is 8.18. The van der Waals surface area contributed by atoms with Crippen LogP contribution in [0, 0.1) is 10.1 Å². The summed E-state index contributed by atoms with van der Waals surface area (Å²) in [6, 6.07) is 10.0. The lowest BCUT2D eigenvalue weighted by Crippen LogP contribution is -2.29. The first-order valence-electron chi connectivity index (χ1n) is 9.17. The van der Waals surface area contributed by atoms with Gasteiger partial charge in [-0.05, 0) is 37.5 Å². The van der Waals surface area contributed by atoms with Gasteiger partial charge < -0.3 is 10.2 Å². The average Bonchev–Trinajstić information content (AvgIpc) is 3.05. The molecule has 1 aromatic heterocycles. The van der Waals surface area contributed by atoms with E-state index >= 15 is 0 Å². The number of amides is 1. The Labute approximate surface area is 181 Å². The molecule has 1 aliphatic heterocycles. The van der Waals surface area contributed by atoms with Gasteiger partial charge in [0.2, 0.25) is 0 Å². The van der Waals surface area contributed by atoms with Gasteiger partial charge in [-0.15, -0.1) is 11.3 Å². The molecule has 150 valence electrons. The molecule has 1 aliphatic rings.